The van der Waals surface area contributed by atoms with Gasteiger partial charge >= 0.3 is 0 Å². The van der Waals surface area contributed by atoms with E-state index >= 15 is 0 Å². The number of nitrogens with one attached hydrogen (secondary N) is 1. The highest BCUT2D eigenvalue weighted by Crippen LogP contribution is 2.27. The molecule has 1 atom stereocenters. The van der Waals surface area contributed by atoms with E-state index in [1.807, 2.05) is 67.6 Å². The van der Waals surface area contributed by atoms with E-state index in [9.17, 15) is 4.79 Å². The lowest BCUT2D eigenvalue weighted by Gasteiger charge is -2.14. The highest BCUT2D eigenvalue weighted by Gasteiger charge is 2.16. The largest absolute Gasteiger partial charge is 0.481 e. The van der Waals surface area contributed by atoms with Crippen LogP contribution in [0.15, 0.2) is 60.7 Å². The Kier molecular flexibility index (Phi) is 5.46. The summed E-state index contributed by atoms with van der Waals surface area (Å²) in [5.74, 6) is 0.545. The number of carbonyl (C=O) groups excluding carboxylic acids is 1. The van der Waals surface area contributed by atoms with Crippen molar-refractivity contribution >= 4 is 17.2 Å². The summed E-state index contributed by atoms with van der Waals surface area (Å²) >= 11 is 1.60. The fourth-order valence-corrected chi connectivity index (χ4v) is 3.37. The molecule has 0 aliphatic carbocycles. The summed E-state index contributed by atoms with van der Waals surface area (Å²) < 4.78 is 5.65. The molecule has 0 spiro atoms. The van der Waals surface area contributed by atoms with E-state index in [1.165, 1.54) is 0 Å². The predicted octanol–water partition coefficient (Wildman–Crippen LogP) is 4.20. The van der Waals surface area contributed by atoms with E-state index in [2.05, 4.69) is 10.3 Å². The molecular weight excluding hydrogens is 332 g/mol. The number of benzene rings is 2. The fourth-order valence-electron chi connectivity index (χ4n) is 2.36. The Morgan fingerprint density at radius 3 is 2.44 bits per heavy atom. The van der Waals surface area contributed by atoms with Gasteiger partial charge < -0.3 is 10.1 Å². The Bertz CT molecular complexity index is 831. The molecule has 0 saturated carbocycles. The maximum Gasteiger partial charge on any atom is 0.261 e. The first-order valence-electron chi connectivity index (χ1n) is 8.14. The monoisotopic (exact) mass is 352 g/mol. The number of hydrogen-bond acceptors (Lipinski definition) is 4. The third kappa shape index (κ3) is 4.45. The average Bonchev–Trinajstić information content (AvgIpc) is 3.02. The summed E-state index contributed by atoms with van der Waals surface area (Å²) in [6.07, 6.45) is -0.552. The summed E-state index contributed by atoms with van der Waals surface area (Å²) in [6.45, 7) is 4.17. The van der Waals surface area contributed by atoms with Crippen LogP contribution in [0.2, 0.25) is 0 Å². The van der Waals surface area contributed by atoms with Gasteiger partial charge in [-0.25, -0.2) is 4.98 Å². The molecule has 3 aromatic rings. The van der Waals surface area contributed by atoms with Crippen molar-refractivity contribution in [2.24, 2.45) is 0 Å². The Morgan fingerprint density at radius 1 is 1.12 bits per heavy atom. The Balaban J connectivity index is 1.60. The highest BCUT2D eigenvalue weighted by atomic mass is 32.1. The first-order chi connectivity index (χ1) is 12.1. The molecule has 25 heavy (non-hydrogen) atoms. The van der Waals surface area contributed by atoms with Gasteiger partial charge in [-0.05, 0) is 26.0 Å². The van der Waals surface area contributed by atoms with Gasteiger partial charge in [0, 0.05) is 10.4 Å². The quantitative estimate of drug-likeness (QED) is 0.723. The molecule has 1 aromatic heterocycles. The predicted molar refractivity (Wildman–Crippen MR) is 101 cm³/mol. The molecule has 0 radical (unpaired) electrons. The Morgan fingerprint density at radius 2 is 1.76 bits per heavy atom. The normalized spacial score (nSPS) is 11.8. The summed E-state index contributed by atoms with van der Waals surface area (Å²) in [7, 11) is 0. The minimum atomic E-state index is -0.552. The molecule has 5 heteroatoms. The van der Waals surface area contributed by atoms with Gasteiger partial charge in [0.25, 0.3) is 5.91 Å². The summed E-state index contributed by atoms with van der Waals surface area (Å²) in [4.78, 5) is 17.9. The number of rotatable bonds is 6. The molecule has 0 fully saturated rings. The van der Waals surface area contributed by atoms with Crippen LogP contribution in [0.4, 0.5) is 0 Å². The molecule has 0 aliphatic heterocycles. The fraction of sp³-hybridized carbons (Fsp3) is 0.200. The second kappa shape index (κ2) is 7.94. The van der Waals surface area contributed by atoms with Crippen LogP contribution in [0.3, 0.4) is 0 Å². The maximum atomic E-state index is 12.3. The van der Waals surface area contributed by atoms with Crippen LogP contribution in [-0.2, 0) is 11.3 Å². The zero-order valence-corrected chi connectivity index (χ0v) is 15.0. The molecular formula is C20H20N2O2S. The van der Waals surface area contributed by atoms with Gasteiger partial charge in [0.1, 0.15) is 10.8 Å². The van der Waals surface area contributed by atoms with Gasteiger partial charge in [0.05, 0.1) is 12.2 Å². The molecule has 1 N–H and O–H groups in total. The number of hydrogen-bond donors (Lipinski definition) is 1. The molecule has 0 aliphatic rings. The van der Waals surface area contributed by atoms with Crippen LogP contribution in [-0.4, -0.2) is 17.0 Å². The average molecular weight is 352 g/mol. The molecule has 128 valence electrons. The van der Waals surface area contributed by atoms with Crippen molar-refractivity contribution < 1.29 is 9.53 Å². The van der Waals surface area contributed by atoms with E-state index in [0.717, 1.165) is 21.1 Å². The van der Waals surface area contributed by atoms with Crippen LogP contribution in [0.25, 0.3) is 10.6 Å². The zero-order valence-electron chi connectivity index (χ0n) is 14.2. The molecule has 1 unspecified atom stereocenters. The molecule has 2 aromatic carbocycles. The van der Waals surface area contributed by atoms with Gasteiger partial charge in [-0.2, -0.15) is 0 Å². The third-order valence-corrected chi connectivity index (χ3v) is 4.97. The van der Waals surface area contributed by atoms with Crippen molar-refractivity contribution in [3.8, 4) is 16.3 Å². The van der Waals surface area contributed by atoms with E-state index in [0.29, 0.717) is 12.3 Å². The van der Waals surface area contributed by atoms with Crippen molar-refractivity contribution in [3.63, 3.8) is 0 Å². The second-order valence-electron chi connectivity index (χ2n) is 5.68. The standard InChI is InChI=1S/C20H20N2O2S/c1-14-18(25-20(22-14)16-9-5-3-6-10-16)13-21-19(23)15(2)24-17-11-7-4-8-12-17/h3-12,15H,13H2,1-2H3,(H,21,23). The number of carbonyl (C=O) groups is 1. The van der Waals surface area contributed by atoms with Crippen molar-refractivity contribution in [1.29, 1.82) is 0 Å². The van der Waals surface area contributed by atoms with E-state index in [1.54, 1.807) is 18.3 Å². The number of ether oxygens (including phenoxy) is 1. The van der Waals surface area contributed by atoms with E-state index in [-0.39, 0.29) is 5.91 Å². The Hall–Kier alpha value is -2.66. The van der Waals surface area contributed by atoms with Crippen molar-refractivity contribution in [3.05, 3.63) is 71.2 Å². The van der Waals surface area contributed by atoms with Crippen LogP contribution in [0.5, 0.6) is 5.75 Å². The lowest BCUT2D eigenvalue weighted by Crippen LogP contribution is -2.35. The van der Waals surface area contributed by atoms with Crippen molar-refractivity contribution in [2.45, 2.75) is 26.5 Å². The smallest absolute Gasteiger partial charge is 0.261 e. The van der Waals surface area contributed by atoms with Crippen LogP contribution < -0.4 is 10.1 Å². The van der Waals surface area contributed by atoms with E-state index in [4.69, 9.17) is 4.74 Å². The van der Waals surface area contributed by atoms with Gasteiger partial charge in [-0.1, -0.05) is 48.5 Å². The molecule has 0 saturated heterocycles. The molecule has 4 nitrogen and oxygen atoms in total. The topological polar surface area (TPSA) is 51.2 Å². The van der Waals surface area contributed by atoms with Gasteiger partial charge in [0.2, 0.25) is 0 Å². The molecule has 1 amide bonds. The minimum absolute atomic E-state index is 0.141. The minimum Gasteiger partial charge on any atom is -0.481 e. The van der Waals surface area contributed by atoms with Crippen LogP contribution >= 0.6 is 11.3 Å². The lowest BCUT2D eigenvalue weighted by atomic mass is 10.2. The third-order valence-electron chi connectivity index (χ3n) is 3.76. The molecule has 3 rings (SSSR count). The molecule has 0 bridgehead atoms. The summed E-state index contributed by atoms with van der Waals surface area (Å²) in [5, 5.41) is 3.90. The number of thiazole rings is 1. The number of aromatic nitrogens is 1. The number of para-hydroxylation sites is 1. The Labute approximate surface area is 151 Å². The van der Waals surface area contributed by atoms with Crippen LogP contribution in [0.1, 0.15) is 17.5 Å². The molecule has 1 heterocycles. The SMILES string of the molecule is Cc1nc(-c2ccccc2)sc1CNC(=O)C(C)Oc1ccccc1. The van der Waals surface area contributed by atoms with Gasteiger partial charge in [0.15, 0.2) is 6.10 Å². The van der Waals surface area contributed by atoms with Gasteiger partial charge in [-0.15, -0.1) is 11.3 Å². The highest BCUT2D eigenvalue weighted by molar-refractivity contribution is 7.15. The van der Waals surface area contributed by atoms with Crippen molar-refractivity contribution in [1.82, 2.24) is 10.3 Å². The van der Waals surface area contributed by atoms with Gasteiger partial charge in [-0.3, -0.25) is 4.79 Å². The second-order valence-corrected chi connectivity index (χ2v) is 6.77. The lowest BCUT2D eigenvalue weighted by molar-refractivity contribution is -0.127. The van der Waals surface area contributed by atoms with Crippen LogP contribution in [0, 0.1) is 6.92 Å². The maximum absolute atomic E-state index is 12.3. The first-order valence-corrected chi connectivity index (χ1v) is 8.96. The van der Waals surface area contributed by atoms with E-state index < -0.39 is 6.10 Å². The number of aryl methyl sites for hydroxylation is 1. The number of nitrogens with zero attached hydrogens (tertiary/aromatic N) is 1. The number of amides is 1. The first kappa shape index (κ1) is 17.2. The zero-order chi connectivity index (χ0) is 17.6. The summed E-state index contributed by atoms with van der Waals surface area (Å²) in [6, 6.07) is 19.4. The summed E-state index contributed by atoms with van der Waals surface area (Å²) in [5.41, 5.74) is 2.04. The van der Waals surface area contributed by atoms with Crippen molar-refractivity contribution in [2.75, 3.05) is 0 Å².